The van der Waals surface area contributed by atoms with Crippen LogP contribution in [0, 0.1) is 11.3 Å². The number of benzene rings is 7. The van der Waals surface area contributed by atoms with Crippen molar-refractivity contribution in [2.45, 2.75) is 0 Å². The van der Waals surface area contributed by atoms with Crippen LogP contribution in [0.2, 0.25) is 0 Å². The van der Waals surface area contributed by atoms with Crippen LogP contribution in [-0.2, 0) is 0 Å². The van der Waals surface area contributed by atoms with Gasteiger partial charge in [-0.1, -0.05) is 121 Å². The Morgan fingerprint density at radius 3 is 1.75 bits per heavy atom. The summed E-state index contributed by atoms with van der Waals surface area (Å²) in [5.41, 5.74) is 13.3. The fourth-order valence-electron chi connectivity index (χ4n) is 7.85. The van der Waals surface area contributed by atoms with Gasteiger partial charge >= 0.3 is 0 Å². The van der Waals surface area contributed by atoms with Gasteiger partial charge < -0.3 is 9.13 Å². The molecule has 10 aromatic rings. The molecule has 0 atom stereocenters. The predicted octanol–water partition coefficient (Wildman–Crippen LogP) is 12.1. The zero-order chi connectivity index (χ0) is 34.6. The number of hydrogen-bond acceptors (Lipinski definition) is 2. The Bertz CT molecular complexity index is 2940. The highest BCUT2D eigenvalue weighted by atomic mass is 15.0. The van der Waals surface area contributed by atoms with Gasteiger partial charge in [0.15, 0.2) is 0 Å². The molecule has 0 aliphatic heterocycles. The van der Waals surface area contributed by atoms with E-state index < -0.39 is 0 Å². The molecule has 4 nitrogen and oxygen atoms in total. The SMILES string of the molecule is N#Cc1ccc2c(c1)c1c(ccc3c4ccccc4n(-c4ccccc4-c4cc(-c5ccccc5)nc(-c5ccccc5)c4)c31)n2-c1ccccc1. The third-order valence-corrected chi connectivity index (χ3v) is 10.1. The highest BCUT2D eigenvalue weighted by Gasteiger charge is 2.23. The number of nitrogens with zero attached hydrogens (tertiary/aromatic N) is 4. The van der Waals surface area contributed by atoms with Gasteiger partial charge in [0.2, 0.25) is 0 Å². The summed E-state index contributed by atoms with van der Waals surface area (Å²) >= 11 is 0. The van der Waals surface area contributed by atoms with Gasteiger partial charge in [-0.05, 0) is 66.2 Å². The summed E-state index contributed by atoms with van der Waals surface area (Å²) in [7, 11) is 0. The fraction of sp³-hybridized carbons (Fsp3) is 0. The minimum absolute atomic E-state index is 0.637. The predicted molar refractivity (Wildman–Crippen MR) is 214 cm³/mol. The molecule has 7 aromatic carbocycles. The Labute approximate surface area is 300 Å². The minimum Gasteiger partial charge on any atom is -0.309 e. The molecule has 0 aliphatic rings. The summed E-state index contributed by atoms with van der Waals surface area (Å²) < 4.78 is 4.75. The van der Waals surface area contributed by atoms with Crippen LogP contribution in [0.25, 0.3) is 88.6 Å². The Kier molecular flexibility index (Phi) is 6.84. The number of pyridine rings is 1. The second-order valence-corrected chi connectivity index (χ2v) is 13.1. The van der Waals surface area contributed by atoms with Crippen LogP contribution in [-0.4, -0.2) is 14.1 Å². The largest absolute Gasteiger partial charge is 0.309 e. The third kappa shape index (κ3) is 4.65. The fourth-order valence-corrected chi connectivity index (χ4v) is 7.85. The maximum absolute atomic E-state index is 10.1. The molecule has 0 radical (unpaired) electrons. The average Bonchev–Trinajstić information content (AvgIpc) is 3.74. The molecule has 0 amide bonds. The summed E-state index contributed by atoms with van der Waals surface area (Å²) in [6.45, 7) is 0. The topological polar surface area (TPSA) is 46.5 Å². The van der Waals surface area contributed by atoms with Crippen LogP contribution in [0.4, 0.5) is 0 Å². The second kappa shape index (κ2) is 12.0. The molecular weight excluding hydrogens is 633 g/mol. The van der Waals surface area contributed by atoms with Gasteiger partial charge in [0.1, 0.15) is 0 Å². The summed E-state index contributed by atoms with van der Waals surface area (Å²) in [6.07, 6.45) is 0. The van der Waals surface area contributed by atoms with Crippen LogP contribution in [0.5, 0.6) is 0 Å². The quantitative estimate of drug-likeness (QED) is 0.184. The summed E-state index contributed by atoms with van der Waals surface area (Å²) in [4.78, 5) is 5.18. The molecule has 3 heterocycles. The van der Waals surface area contributed by atoms with Gasteiger partial charge in [-0.25, -0.2) is 4.98 Å². The van der Waals surface area contributed by atoms with Crippen molar-refractivity contribution in [3.8, 4) is 51.1 Å². The van der Waals surface area contributed by atoms with Gasteiger partial charge in [-0.3, -0.25) is 0 Å². The number of fused-ring (bicyclic) bond motifs is 7. The van der Waals surface area contributed by atoms with Crippen LogP contribution >= 0.6 is 0 Å². The normalized spacial score (nSPS) is 11.4. The van der Waals surface area contributed by atoms with E-state index in [1.807, 2.05) is 30.3 Å². The number of nitriles is 1. The van der Waals surface area contributed by atoms with Gasteiger partial charge in [0, 0.05) is 43.9 Å². The molecule has 10 rings (SSSR count). The molecule has 0 unspecified atom stereocenters. The van der Waals surface area contributed by atoms with E-state index >= 15 is 0 Å². The highest BCUT2D eigenvalue weighted by Crippen LogP contribution is 2.44. The van der Waals surface area contributed by atoms with Gasteiger partial charge in [-0.2, -0.15) is 5.26 Å². The van der Waals surface area contributed by atoms with E-state index in [4.69, 9.17) is 4.98 Å². The maximum atomic E-state index is 10.1. The number of aromatic nitrogens is 3. The van der Waals surface area contributed by atoms with E-state index in [2.05, 4.69) is 167 Å². The van der Waals surface area contributed by atoms with Crippen molar-refractivity contribution in [2.75, 3.05) is 0 Å². The second-order valence-electron chi connectivity index (χ2n) is 13.1. The lowest BCUT2D eigenvalue weighted by molar-refractivity contribution is 1.17. The maximum Gasteiger partial charge on any atom is 0.0991 e. The van der Waals surface area contributed by atoms with Gasteiger partial charge in [0.25, 0.3) is 0 Å². The van der Waals surface area contributed by atoms with E-state index in [-0.39, 0.29) is 0 Å². The molecule has 0 saturated carbocycles. The monoisotopic (exact) mass is 662 g/mol. The number of hydrogen-bond donors (Lipinski definition) is 0. The molecule has 242 valence electrons. The Balaban J connectivity index is 1.33. The number of rotatable bonds is 5. The average molecular weight is 663 g/mol. The van der Waals surface area contributed by atoms with E-state index in [1.54, 1.807) is 0 Å². The van der Waals surface area contributed by atoms with E-state index in [0.29, 0.717) is 5.56 Å². The molecule has 0 fully saturated rings. The van der Waals surface area contributed by atoms with Crippen molar-refractivity contribution >= 4 is 43.6 Å². The first-order valence-electron chi connectivity index (χ1n) is 17.5. The lowest BCUT2D eigenvalue weighted by Crippen LogP contribution is -1.99. The smallest absolute Gasteiger partial charge is 0.0991 e. The molecule has 0 saturated heterocycles. The van der Waals surface area contributed by atoms with Crippen molar-refractivity contribution < 1.29 is 0 Å². The summed E-state index contributed by atoms with van der Waals surface area (Å²) in [6, 6.07) is 66.0. The molecule has 3 aromatic heterocycles. The zero-order valence-corrected chi connectivity index (χ0v) is 28.1. The first-order valence-corrected chi connectivity index (χ1v) is 17.5. The Hall–Kier alpha value is -7.22. The molecule has 0 spiro atoms. The van der Waals surface area contributed by atoms with Crippen molar-refractivity contribution in [2.24, 2.45) is 0 Å². The molecule has 52 heavy (non-hydrogen) atoms. The molecular formula is C48H30N4. The van der Waals surface area contributed by atoms with Crippen LogP contribution < -0.4 is 0 Å². The highest BCUT2D eigenvalue weighted by molar-refractivity contribution is 6.26. The first-order chi connectivity index (χ1) is 25.8. The first kappa shape index (κ1) is 29.7. The third-order valence-electron chi connectivity index (χ3n) is 10.1. The molecule has 0 bridgehead atoms. The Morgan fingerprint density at radius 2 is 1.04 bits per heavy atom. The van der Waals surface area contributed by atoms with Crippen LogP contribution in [0.15, 0.2) is 182 Å². The van der Waals surface area contributed by atoms with Crippen molar-refractivity contribution in [1.29, 1.82) is 5.26 Å². The molecule has 0 aliphatic carbocycles. The molecule has 0 N–H and O–H groups in total. The zero-order valence-electron chi connectivity index (χ0n) is 28.1. The summed E-state index contributed by atoms with van der Waals surface area (Å²) in [5, 5.41) is 14.6. The minimum atomic E-state index is 0.637. The lowest BCUT2D eigenvalue weighted by Gasteiger charge is -2.16. The van der Waals surface area contributed by atoms with E-state index in [0.717, 1.165) is 83.2 Å². The van der Waals surface area contributed by atoms with Crippen molar-refractivity contribution in [3.63, 3.8) is 0 Å². The lowest BCUT2D eigenvalue weighted by atomic mass is 9.98. The molecule has 4 heteroatoms. The van der Waals surface area contributed by atoms with E-state index in [9.17, 15) is 5.26 Å². The van der Waals surface area contributed by atoms with E-state index in [1.165, 1.54) is 5.39 Å². The standard InChI is InChI=1S/C48H30N4/c49-31-32-24-26-45-40(28-32)47-46(51(45)36-18-8-3-9-19-36)27-25-39-38-21-11-13-23-44(38)52(48(39)47)43-22-12-10-20-37(43)35-29-41(33-14-4-1-5-15-33)50-42(30-35)34-16-6-2-7-17-34/h1-30H. The van der Waals surface area contributed by atoms with Crippen molar-refractivity contribution in [3.05, 3.63) is 188 Å². The Morgan fingerprint density at radius 1 is 0.442 bits per heavy atom. The van der Waals surface area contributed by atoms with Gasteiger partial charge in [-0.15, -0.1) is 0 Å². The summed E-state index contributed by atoms with van der Waals surface area (Å²) in [5.74, 6) is 0. The van der Waals surface area contributed by atoms with Crippen LogP contribution in [0.1, 0.15) is 5.56 Å². The number of para-hydroxylation sites is 3. The van der Waals surface area contributed by atoms with Crippen LogP contribution in [0.3, 0.4) is 0 Å². The van der Waals surface area contributed by atoms with Gasteiger partial charge in [0.05, 0.1) is 50.8 Å². The van der Waals surface area contributed by atoms with Crippen molar-refractivity contribution in [1.82, 2.24) is 14.1 Å².